The summed E-state index contributed by atoms with van der Waals surface area (Å²) in [4.78, 5) is 20.5. The molecule has 0 radical (unpaired) electrons. The highest BCUT2D eigenvalue weighted by Crippen LogP contribution is 2.35. The molecule has 1 N–H and O–H groups in total. The van der Waals surface area contributed by atoms with Crippen molar-refractivity contribution < 1.29 is 0 Å². The fourth-order valence-electron chi connectivity index (χ4n) is 3.39. The molecule has 0 spiro atoms. The third-order valence-corrected chi connectivity index (χ3v) is 5.68. The lowest BCUT2D eigenvalue weighted by Crippen LogP contribution is -2.22. The quantitative estimate of drug-likeness (QED) is 0.640. The van der Waals surface area contributed by atoms with Gasteiger partial charge in [0, 0.05) is 36.7 Å². The van der Waals surface area contributed by atoms with Gasteiger partial charge in [-0.25, -0.2) is 9.97 Å². The number of rotatable bonds is 5. The van der Waals surface area contributed by atoms with Crippen LogP contribution in [-0.2, 0) is 13.5 Å². The molecule has 0 saturated heterocycles. The van der Waals surface area contributed by atoms with Crippen LogP contribution in [0.5, 0.6) is 0 Å². The Labute approximate surface area is 167 Å². The standard InChI is InChI=1S/C20H20Cl2N4O/c1-11(13-4-5-13)24-16-9-19(27)26(2)18-6-3-12(7-14(16)18)8-17-15(21)10-23-20(22)25-17/h3,6-7,9-11,13,24H,4-5,8H2,1-2H3/t11-/m1/s1. The van der Waals surface area contributed by atoms with E-state index >= 15 is 0 Å². The number of pyridine rings is 1. The topological polar surface area (TPSA) is 59.8 Å². The number of aromatic nitrogens is 3. The average Bonchev–Trinajstić information content (AvgIpc) is 3.48. The maximum atomic E-state index is 12.4. The van der Waals surface area contributed by atoms with Crippen LogP contribution in [0.1, 0.15) is 31.0 Å². The summed E-state index contributed by atoms with van der Waals surface area (Å²) in [6.07, 6.45) is 4.54. The third-order valence-electron chi connectivity index (χ3n) is 5.18. The fourth-order valence-corrected chi connectivity index (χ4v) is 3.70. The van der Waals surface area contributed by atoms with Crippen LogP contribution < -0.4 is 10.9 Å². The Hall–Kier alpha value is -2.11. The second-order valence-corrected chi connectivity index (χ2v) is 7.93. The number of aryl methyl sites for hydroxylation is 1. The lowest BCUT2D eigenvalue weighted by atomic mass is 10.0. The summed E-state index contributed by atoms with van der Waals surface area (Å²) in [5.74, 6) is 0.689. The highest BCUT2D eigenvalue weighted by atomic mass is 35.5. The molecule has 5 nitrogen and oxygen atoms in total. The molecule has 1 atom stereocenters. The Kier molecular flexibility index (Phi) is 4.82. The van der Waals surface area contributed by atoms with Crippen LogP contribution >= 0.6 is 23.2 Å². The van der Waals surface area contributed by atoms with Gasteiger partial charge in [-0.3, -0.25) is 4.79 Å². The predicted molar refractivity (Wildman–Crippen MR) is 110 cm³/mol. The van der Waals surface area contributed by atoms with Crippen molar-refractivity contribution in [3.05, 3.63) is 62.4 Å². The Morgan fingerprint density at radius 3 is 2.81 bits per heavy atom. The van der Waals surface area contributed by atoms with Crippen LogP contribution in [-0.4, -0.2) is 20.6 Å². The molecule has 2 heterocycles. The van der Waals surface area contributed by atoms with E-state index in [1.165, 1.54) is 19.0 Å². The van der Waals surface area contributed by atoms with Crippen molar-refractivity contribution in [2.45, 2.75) is 32.2 Å². The highest BCUT2D eigenvalue weighted by molar-refractivity contribution is 6.32. The number of nitrogens with one attached hydrogen (secondary N) is 1. The molecule has 27 heavy (non-hydrogen) atoms. The zero-order valence-corrected chi connectivity index (χ0v) is 16.7. The summed E-state index contributed by atoms with van der Waals surface area (Å²) >= 11 is 12.1. The van der Waals surface area contributed by atoms with Crippen molar-refractivity contribution in [2.75, 3.05) is 5.32 Å². The van der Waals surface area contributed by atoms with Crippen molar-refractivity contribution >= 4 is 39.8 Å². The molecule has 3 aromatic rings. The number of benzene rings is 1. The highest BCUT2D eigenvalue weighted by Gasteiger charge is 2.28. The minimum absolute atomic E-state index is 0.0219. The van der Waals surface area contributed by atoms with Gasteiger partial charge in [-0.1, -0.05) is 17.7 Å². The fraction of sp³-hybridized carbons (Fsp3) is 0.350. The Morgan fingerprint density at radius 1 is 1.30 bits per heavy atom. The van der Waals surface area contributed by atoms with E-state index in [1.807, 2.05) is 12.1 Å². The number of fused-ring (bicyclic) bond motifs is 1. The molecule has 0 aliphatic heterocycles. The van der Waals surface area contributed by atoms with Gasteiger partial charge in [0.1, 0.15) is 0 Å². The molecule has 1 fully saturated rings. The molecule has 1 aliphatic rings. The van der Waals surface area contributed by atoms with Crippen LogP contribution in [0, 0.1) is 5.92 Å². The van der Waals surface area contributed by atoms with Gasteiger partial charge in [0.2, 0.25) is 5.28 Å². The number of hydrogen-bond acceptors (Lipinski definition) is 4. The van der Waals surface area contributed by atoms with Crippen LogP contribution in [0.4, 0.5) is 5.69 Å². The summed E-state index contributed by atoms with van der Waals surface area (Å²) in [6.45, 7) is 2.17. The maximum Gasteiger partial charge on any atom is 0.252 e. The predicted octanol–water partition coefficient (Wildman–Crippen LogP) is 4.44. The lowest BCUT2D eigenvalue weighted by Gasteiger charge is -2.18. The average molecular weight is 403 g/mol. The second-order valence-electron chi connectivity index (χ2n) is 7.19. The van der Waals surface area contributed by atoms with E-state index in [0.29, 0.717) is 29.1 Å². The van der Waals surface area contributed by atoms with Crippen LogP contribution in [0.25, 0.3) is 10.9 Å². The Bertz CT molecular complexity index is 1080. The Balaban J connectivity index is 1.76. The first kappa shape index (κ1) is 18.3. The van der Waals surface area contributed by atoms with Crippen LogP contribution in [0.3, 0.4) is 0 Å². The van der Waals surface area contributed by atoms with Crippen molar-refractivity contribution in [1.29, 1.82) is 0 Å². The third kappa shape index (κ3) is 3.80. The van der Waals surface area contributed by atoms with Gasteiger partial charge >= 0.3 is 0 Å². The second kappa shape index (κ2) is 7.13. The number of nitrogens with zero attached hydrogens (tertiary/aromatic N) is 3. The molecule has 0 bridgehead atoms. The van der Waals surface area contributed by atoms with E-state index in [0.717, 1.165) is 22.2 Å². The summed E-state index contributed by atoms with van der Waals surface area (Å²) in [5.41, 5.74) is 3.47. The smallest absolute Gasteiger partial charge is 0.252 e. The molecular formula is C20H20Cl2N4O. The van der Waals surface area contributed by atoms with Gasteiger partial charge in [0.05, 0.1) is 22.4 Å². The van der Waals surface area contributed by atoms with Gasteiger partial charge in [0.25, 0.3) is 5.56 Å². The largest absolute Gasteiger partial charge is 0.382 e. The van der Waals surface area contributed by atoms with Crippen LogP contribution in [0.2, 0.25) is 10.3 Å². The summed E-state index contributed by atoms with van der Waals surface area (Å²) in [5, 5.41) is 5.22. The van der Waals surface area contributed by atoms with Gasteiger partial charge < -0.3 is 9.88 Å². The maximum absolute atomic E-state index is 12.4. The monoisotopic (exact) mass is 402 g/mol. The molecular weight excluding hydrogens is 383 g/mol. The minimum atomic E-state index is -0.0219. The van der Waals surface area contributed by atoms with Crippen LogP contribution in [0.15, 0.2) is 35.3 Å². The molecule has 4 rings (SSSR count). The van der Waals surface area contributed by atoms with E-state index in [2.05, 4.69) is 28.3 Å². The van der Waals surface area contributed by atoms with Crippen molar-refractivity contribution in [1.82, 2.24) is 14.5 Å². The van der Waals surface area contributed by atoms with Crippen molar-refractivity contribution in [3.63, 3.8) is 0 Å². The first-order chi connectivity index (χ1) is 12.9. The SMILES string of the molecule is C[C@@H](Nc1cc(=O)n(C)c2ccc(Cc3nc(Cl)ncc3Cl)cc12)C1CC1. The molecule has 1 aromatic carbocycles. The van der Waals surface area contributed by atoms with Gasteiger partial charge in [0.15, 0.2) is 0 Å². The number of anilines is 1. The first-order valence-electron chi connectivity index (χ1n) is 8.98. The number of hydrogen-bond donors (Lipinski definition) is 1. The molecule has 1 aliphatic carbocycles. The first-order valence-corrected chi connectivity index (χ1v) is 9.74. The van der Waals surface area contributed by atoms with Crippen molar-refractivity contribution in [3.8, 4) is 0 Å². The van der Waals surface area contributed by atoms with E-state index < -0.39 is 0 Å². The molecule has 2 aromatic heterocycles. The van der Waals surface area contributed by atoms with E-state index in [4.69, 9.17) is 23.2 Å². The molecule has 7 heteroatoms. The molecule has 0 amide bonds. The molecule has 0 unspecified atom stereocenters. The van der Waals surface area contributed by atoms with E-state index in [1.54, 1.807) is 17.7 Å². The normalized spacial score (nSPS) is 15.1. The summed E-state index contributed by atoms with van der Waals surface area (Å²) < 4.78 is 1.67. The minimum Gasteiger partial charge on any atom is -0.382 e. The lowest BCUT2D eigenvalue weighted by molar-refractivity contribution is 0.694. The Morgan fingerprint density at radius 2 is 2.07 bits per heavy atom. The van der Waals surface area contributed by atoms with Gasteiger partial charge in [-0.05, 0) is 55.0 Å². The zero-order chi connectivity index (χ0) is 19.1. The van der Waals surface area contributed by atoms with Gasteiger partial charge in [-0.15, -0.1) is 0 Å². The van der Waals surface area contributed by atoms with Crippen molar-refractivity contribution in [2.24, 2.45) is 13.0 Å². The molecule has 1 saturated carbocycles. The summed E-state index contributed by atoms with van der Waals surface area (Å²) in [6, 6.07) is 8.07. The van der Waals surface area contributed by atoms with E-state index in [9.17, 15) is 4.79 Å². The van der Waals surface area contributed by atoms with E-state index in [-0.39, 0.29) is 10.8 Å². The summed E-state index contributed by atoms with van der Waals surface area (Å²) in [7, 11) is 1.79. The van der Waals surface area contributed by atoms with Gasteiger partial charge in [-0.2, -0.15) is 0 Å². The molecule has 140 valence electrons. The zero-order valence-electron chi connectivity index (χ0n) is 15.2. The number of halogens is 2.